The lowest BCUT2D eigenvalue weighted by Gasteiger charge is -2.27. The number of nitrogens with zero attached hydrogens (tertiary/aromatic N) is 2. The van der Waals surface area contributed by atoms with Gasteiger partial charge in [-0.25, -0.2) is 4.99 Å². The van der Waals surface area contributed by atoms with E-state index in [0.717, 1.165) is 57.8 Å². The summed E-state index contributed by atoms with van der Waals surface area (Å²) in [5, 5.41) is 6.90. The van der Waals surface area contributed by atoms with Crippen molar-refractivity contribution in [2.24, 2.45) is 4.99 Å². The van der Waals surface area contributed by atoms with Crippen LogP contribution in [0, 0.1) is 0 Å². The predicted molar refractivity (Wildman–Crippen MR) is 126 cm³/mol. The first-order valence-electron chi connectivity index (χ1n) is 9.99. The van der Waals surface area contributed by atoms with Crippen molar-refractivity contribution in [3.8, 4) is 0 Å². The van der Waals surface area contributed by atoms with E-state index in [1.54, 1.807) is 19.0 Å². The first-order valence-corrected chi connectivity index (χ1v) is 9.99. The number of benzene rings is 1. The molecule has 0 aromatic heterocycles. The van der Waals surface area contributed by atoms with Crippen LogP contribution in [-0.2, 0) is 22.4 Å². The number of hydrogen-bond donors (Lipinski definition) is 2. The van der Waals surface area contributed by atoms with Crippen molar-refractivity contribution in [1.29, 1.82) is 0 Å². The summed E-state index contributed by atoms with van der Waals surface area (Å²) in [6, 6.07) is 8.96. The lowest BCUT2D eigenvalue weighted by atomic mass is 9.88. The average molecular weight is 502 g/mol. The van der Waals surface area contributed by atoms with Crippen LogP contribution in [0.3, 0.4) is 0 Å². The third kappa shape index (κ3) is 8.77. The highest BCUT2D eigenvalue weighted by Gasteiger charge is 2.19. The Bertz CT molecular complexity index is 622. The molecule has 1 aromatic carbocycles. The van der Waals surface area contributed by atoms with Crippen LogP contribution in [0.15, 0.2) is 29.3 Å². The summed E-state index contributed by atoms with van der Waals surface area (Å²) in [4.78, 5) is 18.0. The molecule has 1 aromatic rings. The van der Waals surface area contributed by atoms with Crippen LogP contribution in [0.2, 0.25) is 0 Å². The number of carbonyl (C=O) groups excluding carboxylic acids is 1. The van der Waals surface area contributed by atoms with Gasteiger partial charge in [0.15, 0.2) is 5.96 Å². The van der Waals surface area contributed by atoms with Crippen molar-refractivity contribution in [1.82, 2.24) is 15.5 Å². The topological polar surface area (TPSA) is 66.0 Å². The van der Waals surface area contributed by atoms with Crippen molar-refractivity contribution >= 4 is 35.8 Å². The second kappa shape index (κ2) is 13.8. The molecule has 0 bridgehead atoms. The van der Waals surface area contributed by atoms with Gasteiger partial charge in [0.1, 0.15) is 6.54 Å². The fraction of sp³-hybridized carbons (Fsp3) is 0.619. The van der Waals surface area contributed by atoms with E-state index >= 15 is 0 Å². The second-order valence-corrected chi connectivity index (χ2v) is 7.14. The number of aliphatic imine (C=N–C) groups is 1. The average Bonchev–Trinajstić information content (AvgIpc) is 2.68. The molecular formula is C21H35IN4O2. The van der Waals surface area contributed by atoms with Gasteiger partial charge in [-0.3, -0.25) is 4.79 Å². The lowest BCUT2D eigenvalue weighted by molar-refractivity contribution is -0.127. The highest BCUT2D eigenvalue weighted by atomic mass is 127. The van der Waals surface area contributed by atoms with Crippen molar-refractivity contribution in [3.05, 3.63) is 35.4 Å². The molecule has 7 heteroatoms. The van der Waals surface area contributed by atoms with E-state index < -0.39 is 0 Å². The van der Waals surface area contributed by atoms with E-state index in [4.69, 9.17) is 4.74 Å². The monoisotopic (exact) mass is 502 g/mol. The Hall–Kier alpha value is -1.35. The zero-order valence-corrected chi connectivity index (χ0v) is 19.7. The molecule has 1 atom stereocenters. The Kier molecular flexibility index (Phi) is 12.1. The Morgan fingerprint density at radius 2 is 2.00 bits per heavy atom. The number of aryl methyl sites for hydroxylation is 1. The molecule has 158 valence electrons. The van der Waals surface area contributed by atoms with E-state index in [9.17, 15) is 4.79 Å². The molecule has 2 N–H and O–H groups in total. The number of rotatable bonds is 9. The number of guanidine groups is 1. The molecule has 0 fully saturated rings. The molecule has 28 heavy (non-hydrogen) atoms. The summed E-state index contributed by atoms with van der Waals surface area (Å²) in [6.45, 7) is 4.54. The maximum absolute atomic E-state index is 11.9. The van der Waals surface area contributed by atoms with Gasteiger partial charge in [-0.1, -0.05) is 24.3 Å². The number of likely N-dealkylation sites (N-methyl/N-ethyl adjacent to an activating group) is 1. The molecule has 0 saturated heterocycles. The van der Waals surface area contributed by atoms with Gasteiger partial charge in [0.25, 0.3) is 0 Å². The van der Waals surface area contributed by atoms with Crippen LogP contribution in [0.4, 0.5) is 0 Å². The van der Waals surface area contributed by atoms with Gasteiger partial charge in [0, 0.05) is 39.9 Å². The Morgan fingerprint density at radius 3 is 2.71 bits per heavy atom. The summed E-state index contributed by atoms with van der Waals surface area (Å²) in [5.74, 6) is 0.729. The van der Waals surface area contributed by atoms with Crippen molar-refractivity contribution in [2.45, 2.75) is 45.1 Å². The highest BCUT2D eigenvalue weighted by Crippen LogP contribution is 2.20. The van der Waals surface area contributed by atoms with Gasteiger partial charge >= 0.3 is 0 Å². The number of carbonyl (C=O) groups is 1. The van der Waals surface area contributed by atoms with Crippen LogP contribution in [-0.4, -0.2) is 63.2 Å². The van der Waals surface area contributed by atoms with Gasteiger partial charge in [-0.05, 0) is 50.2 Å². The zero-order valence-electron chi connectivity index (χ0n) is 17.4. The minimum Gasteiger partial charge on any atom is -0.382 e. The maximum atomic E-state index is 11.9. The largest absolute Gasteiger partial charge is 0.382 e. The number of nitrogens with one attached hydrogen (secondary N) is 2. The number of ether oxygens (including phenoxy) is 1. The third-order valence-corrected chi connectivity index (χ3v) is 4.77. The van der Waals surface area contributed by atoms with E-state index in [1.165, 1.54) is 11.1 Å². The van der Waals surface area contributed by atoms with Crippen LogP contribution < -0.4 is 10.6 Å². The lowest BCUT2D eigenvalue weighted by Crippen LogP contribution is -2.46. The zero-order chi connectivity index (χ0) is 19.5. The Labute approximate surface area is 186 Å². The van der Waals surface area contributed by atoms with Gasteiger partial charge in [-0.15, -0.1) is 24.0 Å². The number of hydrogen-bond acceptors (Lipinski definition) is 3. The van der Waals surface area contributed by atoms with E-state index in [1.807, 2.05) is 6.92 Å². The molecule has 1 aliphatic rings. The molecule has 0 spiro atoms. The number of amides is 1. The highest BCUT2D eigenvalue weighted by molar-refractivity contribution is 14.0. The van der Waals surface area contributed by atoms with Crippen LogP contribution in [0.1, 0.15) is 37.3 Å². The molecule has 1 unspecified atom stereocenters. The quantitative estimate of drug-likeness (QED) is 0.236. The summed E-state index contributed by atoms with van der Waals surface area (Å²) >= 11 is 0. The molecule has 1 amide bonds. The fourth-order valence-corrected chi connectivity index (χ4v) is 3.14. The van der Waals surface area contributed by atoms with Gasteiger partial charge < -0.3 is 20.3 Å². The summed E-state index contributed by atoms with van der Waals surface area (Å²) in [6.07, 6.45) is 5.16. The van der Waals surface area contributed by atoms with Gasteiger partial charge in [0.05, 0.1) is 0 Å². The molecule has 0 radical (unpaired) electrons. The number of unbranched alkanes of at least 4 members (excludes halogenated alkanes) is 1. The smallest absolute Gasteiger partial charge is 0.243 e. The van der Waals surface area contributed by atoms with Crippen molar-refractivity contribution < 1.29 is 9.53 Å². The molecule has 6 nitrogen and oxygen atoms in total. The fourth-order valence-electron chi connectivity index (χ4n) is 3.14. The number of fused-ring (bicyclic) bond motifs is 1. The SMILES string of the molecule is CCOCCCCNC(=NCC(=O)N(C)C)NC1CCc2ccccc2C1.I. The molecular weight excluding hydrogens is 467 g/mol. The minimum atomic E-state index is 0. The van der Waals surface area contributed by atoms with Gasteiger partial charge in [-0.2, -0.15) is 0 Å². The van der Waals surface area contributed by atoms with Crippen LogP contribution in [0.5, 0.6) is 0 Å². The first-order chi connectivity index (χ1) is 13.1. The minimum absolute atomic E-state index is 0. The molecule has 1 aliphatic carbocycles. The molecule has 0 aliphatic heterocycles. The first kappa shape index (κ1) is 24.7. The van der Waals surface area contributed by atoms with E-state index in [2.05, 4.69) is 39.9 Å². The summed E-state index contributed by atoms with van der Waals surface area (Å²) in [7, 11) is 3.51. The van der Waals surface area contributed by atoms with Crippen LogP contribution >= 0.6 is 24.0 Å². The third-order valence-electron chi connectivity index (χ3n) is 4.77. The van der Waals surface area contributed by atoms with E-state index in [-0.39, 0.29) is 36.4 Å². The van der Waals surface area contributed by atoms with Gasteiger partial charge in [0.2, 0.25) is 5.91 Å². The maximum Gasteiger partial charge on any atom is 0.243 e. The Balaban J connectivity index is 0.00000392. The summed E-state index contributed by atoms with van der Waals surface area (Å²) in [5.41, 5.74) is 2.85. The van der Waals surface area contributed by atoms with Crippen molar-refractivity contribution in [3.63, 3.8) is 0 Å². The van der Waals surface area contributed by atoms with Crippen molar-refractivity contribution in [2.75, 3.05) is 40.4 Å². The summed E-state index contributed by atoms with van der Waals surface area (Å²) < 4.78 is 5.38. The Morgan fingerprint density at radius 1 is 1.25 bits per heavy atom. The molecule has 0 heterocycles. The second-order valence-electron chi connectivity index (χ2n) is 7.14. The molecule has 2 rings (SSSR count). The van der Waals surface area contributed by atoms with E-state index in [0.29, 0.717) is 6.04 Å². The predicted octanol–water partition coefficient (Wildman–Crippen LogP) is 2.60. The van der Waals surface area contributed by atoms with Crippen LogP contribution in [0.25, 0.3) is 0 Å². The standard InChI is InChI=1S/C21H34N4O2.HI/c1-4-27-14-8-7-13-22-21(23-16-20(26)25(2)3)24-19-12-11-17-9-5-6-10-18(17)15-19;/h5-6,9-10,19H,4,7-8,11-16H2,1-3H3,(H2,22,23,24);1H. The normalized spacial score (nSPS) is 16.0. The molecule has 0 saturated carbocycles. The number of halogens is 1.